The van der Waals surface area contributed by atoms with E-state index >= 15 is 0 Å². The van der Waals surface area contributed by atoms with Crippen LogP contribution in [0.1, 0.15) is 38.5 Å². The summed E-state index contributed by atoms with van der Waals surface area (Å²) >= 11 is 0. The molecule has 0 N–H and O–H groups in total. The summed E-state index contributed by atoms with van der Waals surface area (Å²) in [6.07, 6.45) is 5.88. The van der Waals surface area contributed by atoms with Crippen LogP contribution in [0.3, 0.4) is 0 Å². The molecule has 84 valence electrons. The highest BCUT2D eigenvalue weighted by Crippen LogP contribution is 2.33. The molecule has 0 aromatic carbocycles. The van der Waals surface area contributed by atoms with Crippen LogP contribution in [-0.2, 0) is 4.79 Å². The maximum atomic E-state index is 11.7. The lowest BCUT2D eigenvalue weighted by atomic mass is 10.1. The van der Waals surface area contributed by atoms with Crippen LogP contribution < -0.4 is 0 Å². The molecule has 0 spiro atoms. The Balaban J connectivity index is 1.69. The van der Waals surface area contributed by atoms with E-state index in [2.05, 4.69) is 5.18 Å². The molecule has 0 aromatic heterocycles. The van der Waals surface area contributed by atoms with Crippen molar-refractivity contribution in [2.24, 2.45) is 11.1 Å². The Bertz CT molecular complexity index is 243. The molecule has 0 aromatic rings. The number of nitroso groups, excluding NO2 is 1. The van der Waals surface area contributed by atoms with E-state index in [0.717, 1.165) is 38.3 Å². The molecule has 1 aliphatic carbocycles. The Morgan fingerprint density at radius 2 is 1.87 bits per heavy atom. The third-order valence-corrected chi connectivity index (χ3v) is 3.43. The second-order valence-corrected chi connectivity index (χ2v) is 4.70. The van der Waals surface area contributed by atoms with E-state index in [1.807, 2.05) is 4.90 Å². The van der Waals surface area contributed by atoms with Gasteiger partial charge in [-0.3, -0.25) is 4.79 Å². The van der Waals surface area contributed by atoms with E-state index in [-0.39, 0.29) is 11.9 Å². The number of carbonyl (C=O) groups excluding carboxylic acids is 1. The summed E-state index contributed by atoms with van der Waals surface area (Å²) in [4.78, 5) is 23.9. The first-order chi connectivity index (χ1) is 7.29. The highest BCUT2D eigenvalue weighted by Gasteiger charge is 2.26. The lowest BCUT2D eigenvalue weighted by molar-refractivity contribution is -0.132. The van der Waals surface area contributed by atoms with Crippen molar-refractivity contribution in [1.29, 1.82) is 0 Å². The summed E-state index contributed by atoms with van der Waals surface area (Å²) in [5.41, 5.74) is 0. The van der Waals surface area contributed by atoms with E-state index in [9.17, 15) is 9.70 Å². The fourth-order valence-corrected chi connectivity index (χ4v) is 2.11. The lowest BCUT2D eigenvalue weighted by Crippen LogP contribution is -2.39. The molecule has 4 nitrogen and oxygen atoms in total. The predicted octanol–water partition coefficient (Wildman–Crippen LogP) is 1.93. The molecule has 15 heavy (non-hydrogen) atoms. The Kier molecular flexibility index (Phi) is 3.34. The number of rotatable bonds is 4. The molecule has 4 heteroatoms. The monoisotopic (exact) mass is 210 g/mol. The topological polar surface area (TPSA) is 49.7 Å². The normalized spacial score (nSPS) is 22.8. The van der Waals surface area contributed by atoms with Crippen LogP contribution in [-0.4, -0.2) is 29.9 Å². The number of likely N-dealkylation sites (tertiary alicyclic amines) is 1. The molecular weight excluding hydrogens is 192 g/mol. The zero-order chi connectivity index (χ0) is 10.7. The molecular formula is C11H18N2O2. The second-order valence-electron chi connectivity index (χ2n) is 4.70. The van der Waals surface area contributed by atoms with E-state index in [4.69, 9.17) is 0 Å². The average molecular weight is 210 g/mol. The molecule has 0 unspecified atom stereocenters. The minimum Gasteiger partial charge on any atom is -0.343 e. The fraction of sp³-hybridized carbons (Fsp3) is 0.909. The maximum absolute atomic E-state index is 11.7. The van der Waals surface area contributed by atoms with Gasteiger partial charge in [0.15, 0.2) is 0 Å². The van der Waals surface area contributed by atoms with E-state index < -0.39 is 0 Å². The molecule has 0 bridgehead atoms. The molecule has 1 saturated heterocycles. The lowest BCUT2D eigenvalue weighted by Gasteiger charge is -2.29. The first-order valence-corrected chi connectivity index (χ1v) is 5.90. The number of piperidine rings is 1. The molecule has 2 rings (SSSR count). The number of hydrogen-bond acceptors (Lipinski definition) is 3. The van der Waals surface area contributed by atoms with Gasteiger partial charge in [0, 0.05) is 19.5 Å². The minimum absolute atomic E-state index is 0.0579. The molecule has 1 aliphatic heterocycles. The van der Waals surface area contributed by atoms with Crippen LogP contribution in [0.4, 0.5) is 0 Å². The van der Waals surface area contributed by atoms with Crippen molar-refractivity contribution in [2.45, 2.75) is 44.6 Å². The third kappa shape index (κ3) is 3.01. The summed E-state index contributed by atoms with van der Waals surface area (Å²) in [5.74, 6) is 1.09. The Morgan fingerprint density at radius 1 is 1.20 bits per heavy atom. The van der Waals surface area contributed by atoms with Gasteiger partial charge < -0.3 is 4.90 Å². The van der Waals surface area contributed by atoms with Gasteiger partial charge in [0.1, 0.15) is 0 Å². The first-order valence-electron chi connectivity index (χ1n) is 5.90. The fourth-order valence-electron chi connectivity index (χ4n) is 2.11. The van der Waals surface area contributed by atoms with Gasteiger partial charge >= 0.3 is 0 Å². The molecule has 2 fully saturated rings. The van der Waals surface area contributed by atoms with Crippen molar-refractivity contribution in [3.8, 4) is 0 Å². The SMILES string of the molecule is O=NC1CCN(C(=O)CCC2CC2)CC1. The van der Waals surface area contributed by atoms with E-state index in [1.54, 1.807) is 0 Å². The summed E-state index contributed by atoms with van der Waals surface area (Å²) in [6.45, 7) is 1.44. The summed E-state index contributed by atoms with van der Waals surface area (Å²) in [5, 5.41) is 3.04. The zero-order valence-corrected chi connectivity index (χ0v) is 9.02. The molecule has 1 heterocycles. The molecule has 0 atom stereocenters. The third-order valence-electron chi connectivity index (χ3n) is 3.43. The standard InChI is InChI=1S/C11H18N2O2/c14-11(4-3-9-1-2-9)13-7-5-10(12-15)6-8-13/h9-10H,1-8H2. The van der Waals surface area contributed by atoms with Crippen molar-refractivity contribution < 1.29 is 4.79 Å². The van der Waals surface area contributed by atoms with E-state index in [1.165, 1.54) is 12.8 Å². The Hall–Kier alpha value is -0.930. The smallest absolute Gasteiger partial charge is 0.222 e. The van der Waals surface area contributed by atoms with Crippen LogP contribution >= 0.6 is 0 Å². The quantitative estimate of drug-likeness (QED) is 0.666. The minimum atomic E-state index is -0.0579. The van der Waals surface area contributed by atoms with Gasteiger partial charge in [-0.1, -0.05) is 18.0 Å². The largest absolute Gasteiger partial charge is 0.343 e. The molecule has 0 radical (unpaired) electrons. The zero-order valence-electron chi connectivity index (χ0n) is 9.02. The number of amides is 1. The van der Waals surface area contributed by atoms with Crippen molar-refractivity contribution in [2.75, 3.05) is 13.1 Å². The van der Waals surface area contributed by atoms with Crippen molar-refractivity contribution in [3.63, 3.8) is 0 Å². The van der Waals surface area contributed by atoms with E-state index in [0.29, 0.717) is 6.42 Å². The molecule has 1 saturated carbocycles. The number of carbonyl (C=O) groups is 1. The maximum Gasteiger partial charge on any atom is 0.222 e. The van der Waals surface area contributed by atoms with Crippen LogP contribution in [0.15, 0.2) is 5.18 Å². The van der Waals surface area contributed by atoms with Gasteiger partial charge in [0.25, 0.3) is 0 Å². The summed E-state index contributed by atoms with van der Waals surface area (Å²) < 4.78 is 0. The van der Waals surface area contributed by atoms with Crippen molar-refractivity contribution in [1.82, 2.24) is 4.90 Å². The number of hydrogen-bond donors (Lipinski definition) is 0. The predicted molar refractivity (Wildman–Crippen MR) is 57.4 cm³/mol. The summed E-state index contributed by atoms with van der Waals surface area (Å²) in [7, 11) is 0. The van der Waals surface area contributed by atoms with Gasteiger partial charge in [-0.25, -0.2) is 0 Å². The Labute approximate surface area is 90.0 Å². The first kappa shape index (κ1) is 10.6. The summed E-state index contributed by atoms with van der Waals surface area (Å²) in [6, 6.07) is -0.0579. The van der Waals surface area contributed by atoms with Gasteiger partial charge in [0.05, 0.1) is 6.04 Å². The highest BCUT2D eigenvalue weighted by atomic mass is 16.3. The van der Waals surface area contributed by atoms with Gasteiger partial charge in [0.2, 0.25) is 5.91 Å². The average Bonchev–Trinajstić information content (AvgIpc) is 3.10. The van der Waals surface area contributed by atoms with Crippen LogP contribution in [0, 0.1) is 10.8 Å². The molecule has 1 amide bonds. The van der Waals surface area contributed by atoms with Crippen LogP contribution in [0.25, 0.3) is 0 Å². The van der Waals surface area contributed by atoms with Crippen molar-refractivity contribution in [3.05, 3.63) is 4.91 Å². The molecule has 2 aliphatic rings. The van der Waals surface area contributed by atoms with Gasteiger partial charge in [-0.2, -0.15) is 4.91 Å². The second kappa shape index (κ2) is 4.73. The van der Waals surface area contributed by atoms with Gasteiger partial charge in [-0.15, -0.1) is 0 Å². The Morgan fingerprint density at radius 3 is 2.40 bits per heavy atom. The van der Waals surface area contributed by atoms with Crippen LogP contribution in [0.2, 0.25) is 0 Å². The van der Waals surface area contributed by atoms with Crippen molar-refractivity contribution >= 4 is 5.91 Å². The van der Waals surface area contributed by atoms with Gasteiger partial charge in [-0.05, 0) is 25.2 Å². The number of nitrogens with zero attached hydrogens (tertiary/aromatic N) is 2. The highest BCUT2D eigenvalue weighted by molar-refractivity contribution is 5.76. The van der Waals surface area contributed by atoms with Crippen LogP contribution in [0.5, 0.6) is 0 Å².